The van der Waals surface area contributed by atoms with Crippen molar-refractivity contribution in [2.24, 2.45) is 0 Å². The van der Waals surface area contributed by atoms with Crippen molar-refractivity contribution >= 4 is 29.0 Å². The van der Waals surface area contributed by atoms with Gasteiger partial charge in [0.1, 0.15) is 5.82 Å². The molecule has 3 nitrogen and oxygen atoms in total. The zero-order valence-electron chi connectivity index (χ0n) is 10.7. The van der Waals surface area contributed by atoms with E-state index in [4.69, 9.17) is 23.2 Å². The van der Waals surface area contributed by atoms with E-state index >= 15 is 0 Å². The molecule has 2 aromatic rings. The lowest BCUT2D eigenvalue weighted by molar-refractivity contribution is 0.0971. The Morgan fingerprint density at radius 3 is 2.68 bits per heavy atom. The van der Waals surface area contributed by atoms with Crippen LogP contribution in [0.3, 0.4) is 0 Å². The molecule has 100 valence electrons. The molecule has 0 N–H and O–H groups in total. The van der Waals surface area contributed by atoms with Gasteiger partial charge >= 0.3 is 0 Å². The molecule has 0 amide bonds. The van der Waals surface area contributed by atoms with Crippen molar-refractivity contribution < 1.29 is 4.79 Å². The minimum atomic E-state index is -0.0153. The summed E-state index contributed by atoms with van der Waals surface area (Å²) >= 11 is 11.8. The van der Waals surface area contributed by atoms with E-state index in [2.05, 4.69) is 4.98 Å². The summed E-state index contributed by atoms with van der Waals surface area (Å²) in [7, 11) is 0. The molecule has 0 unspecified atom stereocenters. The first kappa shape index (κ1) is 14.1. The lowest BCUT2D eigenvalue weighted by Gasteiger charge is -2.10. The Kier molecular flexibility index (Phi) is 4.27. The molecule has 0 spiro atoms. The van der Waals surface area contributed by atoms with E-state index in [1.807, 2.05) is 24.6 Å². The Morgan fingerprint density at radius 1 is 1.32 bits per heavy atom. The van der Waals surface area contributed by atoms with E-state index in [-0.39, 0.29) is 18.2 Å². The molecule has 19 heavy (non-hydrogen) atoms. The summed E-state index contributed by atoms with van der Waals surface area (Å²) in [5, 5.41) is 0.839. The second-order valence-corrected chi connectivity index (χ2v) is 5.43. The summed E-state index contributed by atoms with van der Waals surface area (Å²) < 4.78 is 1.86. The molecule has 5 heteroatoms. The van der Waals surface area contributed by atoms with E-state index in [9.17, 15) is 4.79 Å². The number of Topliss-reactive ketones (excluding diaryl/α,β-unsaturated/α-hetero) is 1. The van der Waals surface area contributed by atoms with Crippen molar-refractivity contribution in [1.82, 2.24) is 9.55 Å². The summed E-state index contributed by atoms with van der Waals surface area (Å²) in [5.74, 6) is 1.16. The third-order valence-corrected chi connectivity index (χ3v) is 3.56. The topological polar surface area (TPSA) is 34.9 Å². The predicted octanol–water partition coefficient (Wildman–Crippen LogP) is 4.20. The summed E-state index contributed by atoms with van der Waals surface area (Å²) in [6.07, 6.45) is 3.52. The highest BCUT2D eigenvalue weighted by atomic mass is 35.5. The molecule has 1 aromatic carbocycles. The maximum absolute atomic E-state index is 12.2. The van der Waals surface area contributed by atoms with Crippen molar-refractivity contribution in [3.8, 4) is 0 Å². The fourth-order valence-electron chi connectivity index (χ4n) is 1.87. The molecular weight excluding hydrogens is 283 g/mol. The Bertz CT molecular complexity index is 605. The number of carbonyl (C=O) groups is 1. The molecule has 0 saturated heterocycles. The third-order valence-electron chi connectivity index (χ3n) is 2.82. The van der Waals surface area contributed by atoms with E-state index < -0.39 is 0 Å². The fourth-order valence-corrected chi connectivity index (χ4v) is 2.17. The first-order chi connectivity index (χ1) is 8.99. The van der Waals surface area contributed by atoms with Crippen LogP contribution in [0.2, 0.25) is 10.0 Å². The molecule has 0 atom stereocenters. The van der Waals surface area contributed by atoms with Gasteiger partial charge in [-0.25, -0.2) is 4.98 Å². The quantitative estimate of drug-likeness (QED) is 0.793. The average molecular weight is 297 g/mol. The van der Waals surface area contributed by atoms with Crippen LogP contribution in [0, 0.1) is 0 Å². The molecule has 0 radical (unpaired) electrons. The highest BCUT2D eigenvalue weighted by molar-refractivity contribution is 6.42. The maximum atomic E-state index is 12.2. The van der Waals surface area contributed by atoms with Gasteiger partial charge in [-0.3, -0.25) is 4.79 Å². The number of imidazole rings is 1. The Balaban J connectivity index is 2.21. The van der Waals surface area contributed by atoms with Crippen molar-refractivity contribution in [1.29, 1.82) is 0 Å². The van der Waals surface area contributed by atoms with Gasteiger partial charge < -0.3 is 4.57 Å². The van der Waals surface area contributed by atoms with Gasteiger partial charge in [0.2, 0.25) is 0 Å². The third kappa shape index (κ3) is 3.17. The van der Waals surface area contributed by atoms with Crippen LogP contribution in [0.1, 0.15) is 35.9 Å². The van der Waals surface area contributed by atoms with Gasteiger partial charge in [0, 0.05) is 23.9 Å². The zero-order valence-corrected chi connectivity index (χ0v) is 12.2. The lowest BCUT2D eigenvalue weighted by Crippen LogP contribution is -2.13. The molecule has 0 saturated carbocycles. The minimum Gasteiger partial charge on any atom is -0.327 e. The summed E-state index contributed by atoms with van der Waals surface area (Å²) in [4.78, 5) is 16.5. The number of aromatic nitrogens is 2. The van der Waals surface area contributed by atoms with E-state index in [0.29, 0.717) is 15.6 Å². The fraction of sp³-hybridized carbons (Fsp3) is 0.286. The lowest BCUT2D eigenvalue weighted by atomic mass is 10.1. The standard InChI is InChI=1S/C14H14Cl2N2O/c1-9(2)14-17-5-6-18(14)8-13(19)10-3-4-11(15)12(16)7-10/h3-7,9H,8H2,1-2H3. The average Bonchev–Trinajstić information content (AvgIpc) is 2.80. The SMILES string of the molecule is CC(C)c1nccn1CC(=O)c1ccc(Cl)c(Cl)c1. The monoisotopic (exact) mass is 296 g/mol. The first-order valence-corrected chi connectivity index (χ1v) is 6.74. The second-order valence-electron chi connectivity index (χ2n) is 4.62. The Labute approximate surface area is 122 Å². The van der Waals surface area contributed by atoms with E-state index in [1.54, 1.807) is 24.4 Å². The number of nitrogens with zero attached hydrogens (tertiary/aromatic N) is 2. The van der Waals surface area contributed by atoms with Crippen LogP contribution < -0.4 is 0 Å². The molecule has 0 aliphatic rings. The summed E-state index contributed by atoms with van der Waals surface area (Å²) in [6.45, 7) is 4.34. The molecule has 0 aliphatic heterocycles. The van der Waals surface area contributed by atoms with E-state index in [1.165, 1.54) is 0 Å². The smallest absolute Gasteiger partial charge is 0.182 e. The minimum absolute atomic E-state index is 0.0153. The van der Waals surface area contributed by atoms with Gasteiger partial charge in [-0.05, 0) is 18.2 Å². The maximum Gasteiger partial charge on any atom is 0.182 e. The molecule has 1 aromatic heterocycles. The van der Waals surface area contributed by atoms with Gasteiger partial charge in [-0.1, -0.05) is 37.0 Å². The number of hydrogen-bond donors (Lipinski definition) is 0. The number of rotatable bonds is 4. The normalized spacial score (nSPS) is 11.0. The van der Waals surface area contributed by atoms with Crippen LogP contribution in [0.15, 0.2) is 30.6 Å². The van der Waals surface area contributed by atoms with Crippen LogP contribution in [0.25, 0.3) is 0 Å². The first-order valence-electron chi connectivity index (χ1n) is 5.98. The van der Waals surface area contributed by atoms with Crippen LogP contribution in [0.5, 0.6) is 0 Å². The zero-order chi connectivity index (χ0) is 14.0. The predicted molar refractivity (Wildman–Crippen MR) is 77.1 cm³/mol. The Morgan fingerprint density at radius 2 is 2.05 bits per heavy atom. The van der Waals surface area contributed by atoms with Gasteiger partial charge in [-0.2, -0.15) is 0 Å². The van der Waals surface area contributed by atoms with Crippen LogP contribution in [-0.2, 0) is 6.54 Å². The van der Waals surface area contributed by atoms with Crippen molar-refractivity contribution in [2.45, 2.75) is 26.3 Å². The molecule has 2 rings (SSSR count). The number of benzene rings is 1. The molecular formula is C14H14Cl2N2O. The summed E-state index contributed by atoms with van der Waals surface area (Å²) in [5.41, 5.74) is 0.554. The van der Waals surface area contributed by atoms with E-state index in [0.717, 1.165) is 5.82 Å². The number of ketones is 1. The molecule has 0 aliphatic carbocycles. The van der Waals surface area contributed by atoms with Gasteiger partial charge in [0.25, 0.3) is 0 Å². The highest BCUT2D eigenvalue weighted by Gasteiger charge is 2.13. The Hall–Kier alpha value is -1.32. The number of halogens is 2. The highest BCUT2D eigenvalue weighted by Crippen LogP contribution is 2.23. The van der Waals surface area contributed by atoms with Gasteiger partial charge in [0.05, 0.1) is 16.6 Å². The van der Waals surface area contributed by atoms with Crippen LogP contribution in [0.4, 0.5) is 0 Å². The van der Waals surface area contributed by atoms with Crippen LogP contribution in [-0.4, -0.2) is 15.3 Å². The summed E-state index contributed by atoms with van der Waals surface area (Å²) in [6, 6.07) is 4.91. The van der Waals surface area contributed by atoms with Gasteiger partial charge in [0.15, 0.2) is 5.78 Å². The van der Waals surface area contributed by atoms with Gasteiger partial charge in [-0.15, -0.1) is 0 Å². The van der Waals surface area contributed by atoms with Crippen molar-refractivity contribution in [2.75, 3.05) is 0 Å². The van der Waals surface area contributed by atoms with Crippen molar-refractivity contribution in [3.63, 3.8) is 0 Å². The second kappa shape index (κ2) is 5.76. The largest absolute Gasteiger partial charge is 0.327 e. The van der Waals surface area contributed by atoms with Crippen molar-refractivity contribution in [3.05, 3.63) is 52.0 Å². The molecule has 1 heterocycles. The van der Waals surface area contributed by atoms with Crippen LogP contribution >= 0.6 is 23.2 Å². The number of carbonyl (C=O) groups excluding carboxylic acids is 1. The molecule has 0 fully saturated rings. The number of hydrogen-bond acceptors (Lipinski definition) is 2. The molecule has 0 bridgehead atoms.